The van der Waals surface area contributed by atoms with Crippen LogP contribution in [0.5, 0.6) is 6.01 Å². The number of nitrogens with zero attached hydrogens (tertiary/aromatic N) is 3. The van der Waals surface area contributed by atoms with E-state index in [4.69, 9.17) is 16.3 Å². The van der Waals surface area contributed by atoms with E-state index in [-0.39, 0.29) is 23.3 Å². The van der Waals surface area contributed by atoms with Crippen LogP contribution in [-0.4, -0.2) is 39.5 Å². The first-order valence-corrected chi connectivity index (χ1v) is 7.52. The Bertz CT molecular complexity index is 493. The van der Waals surface area contributed by atoms with E-state index in [1.807, 2.05) is 13.8 Å². The van der Waals surface area contributed by atoms with Gasteiger partial charge in [0.2, 0.25) is 17.1 Å². The monoisotopic (exact) mass is 313 g/mol. The summed E-state index contributed by atoms with van der Waals surface area (Å²) in [5.74, 6) is 0.449. The number of ether oxygens (including phenoxy) is 1. The van der Waals surface area contributed by atoms with Crippen molar-refractivity contribution < 1.29 is 9.53 Å². The lowest BCUT2D eigenvalue weighted by atomic mass is 10.3. The van der Waals surface area contributed by atoms with Crippen LogP contribution in [-0.2, 0) is 4.79 Å². The quantitative estimate of drug-likeness (QED) is 0.711. The predicted molar refractivity (Wildman–Crippen MR) is 79.5 cm³/mol. The van der Waals surface area contributed by atoms with Crippen LogP contribution in [0.1, 0.15) is 39.5 Å². The third-order valence-electron chi connectivity index (χ3n) is 2.73. The molecule has 8 heteroatoms. The molecule has 1 aromatic rings. The summed E-state index contributed by atoms with van der Waals surface area (Å²) in [5.41, 5.74) is 0. The molecule has 1 aliphatic rings. The molecular formula is C13H20ClN5O2. The fourth-order valence-corrected chi connectivity index (χ4v) is 1.80. The zero-order valence-electron chi connectivity index (χ0n) is 12.2. The Hall–Kier alpha value is -1.63. The maximum absolute atomic E-state index is 11.5. The van der Waals surface area contributed by atoms with Gasteiger partial charge in [0.1, 0.15) is 0 Å². The average Bonchev–Trinajstić information content (AvgIpc) is 3.17. The third kappa shape index (κ3) is 6.12. The van der Waals surface area contributed by atoms with E-state index >= 15 is 0 Å². The van der Waals surface area contributed by atoms with Crippen LogP contribution in [0.2, 0.25) is 5.28 Å². The second kappa shape index (κ2) is 7.40. The van der Waals surface area contributed by atoms with Gasteiger partial charge in [0, 0.05) is 19.0 Å². The number of nitrogens with one attached hydrogen (secondary N) is 2. The number of carbonyl (C=O) groups is 1. The molecule has 1 amide bonds. The van der Waals surface area contributed by atoms with Crippen LogP contribution < -0.4 is 15.4 Å². The highest BCUT2D eigenvalue weighted by Gasteiger charge is 2.22. The Kier molecular flexibility index (Phi) is 5.55. The molecule has 1 heterocycles. The van der Waals surface area contributed by atoms with Gasteiger partial charge in [-0.25, -0.2) is 0 Å². The van der Waals surface area contributed by atoms with Crippen LogP contribution in [0, 0.1) is 0 Å². The van der Waals surface area contributed by atoms with Gasteiger partial charge in [-0.3, -0.25) is 4.79 Å². The fraction of sp³-hybridized carbons (Fsp3) is 0.692. The summed E-state index contributed by atoms with van der Waals surface area (Å²) in [7, 11) is 0. The summed E-state index contributed by atoms with van der Waals surface area (Å²) in [5, 5.41) is 6.04. The number of halogens is 1. The highest BCUT2D eigenvalue weighted by Crippen LogP contribution is 2.18. The van der Waals surface area contributed by atoms with Gasteiger partial charge in [-0.15, -0.1) is 0 Å². The molecule has 0 unspecified atom stereocenters. The predicted octanol–water partition coefficient (Wildman–Crippen LogP) is 1.78. The summed E-state index contributed by atoms with van der Waals surface area (Å²) >= 11 is 5.81. The van der Waals surface area contributed by atoms with Crippen molar-refractivity contribution in [2.45, 2.75) is 51.7 Å². The van der Waals surface area contributed by atoms with Crippen molar-refractivity contribution in [3.05, 3.63) is 5.28 Å². The van der Waals surface area contributed by atoms with E-state index in [9.17, 15) is 4.79 Å². The van der Waals surface area contributed by atoms with Gasteiger partial charge in [0.05, 0.1) is 6.10 Å². The van der Waals surface area contributed by atoms with Crippen LogP contribution in [0.15, 0.2) is 0 Å². The number of hydrogen-bond donors (Lipinski definition) is 2. The van der Waals surface area contributed by atoms with Crippen LogP contribution in [0.25, 0.3) is 0 Å². The zero-order chi connectivity index (χ0) is 15.2. The van der Waals surface area contributed by atoms with E-state index in [2.05, 4.69) is 25.6 Å². The molecule has 2 N–H and O–H groups in total. The number of carbonyl (C=O) groups excluding carboxylic acids is 1. The summed E-state index contributed by atoms with van der Waals surface area (Å²) in [4.78, 5) is 23.5. The molecule has 0 bridgehead atoms. The van der Waals surface area contributed by atoms with Crippen molar-refractivity contribution in [3.63, 3.8) is 0 Å². The van der Waals surface area contributed by atoms with Crippen molar-refractivity contribution in [2.24, 2.45) is 0 Å². The number of hydrogen-bond acceptors (Lipinski definition) is 6. The molecule has 21 heavy (non-hydrogen) atoms. The highest BCUT2D eigenvalue weighted by molar-refractivity contribution is 6.28. The minimum Gasteiger partial charge on any atom is -0.461 e. The molecule has 0 radical (unpaired) electrons. The molecule has 1 fully saturated rings. The Balaban J connectivity index is 1.73. The minimum atomic E-state index is -0.0394. The lowest BCUT2D eigenvalue weighted by molar-refractivity contribution is -0.121. The SMILES string of the molecule is CC(C)Oc1nc(Cl)nc(NCCCC(=O)NC2CC2)n1. The minimum absolute atomic E-state index is 0.0394. The standard InChI is InChI=1S/C13H20ClN5O2/c1-8(2)21-13-18-11(14)17-12(19-13)15-7-3-4-10(20)16-9-5-6-9/h8-9H,3-7H2,1-2H3,(H,16,20)(H,15,17,18,19). The lowest BCUT2D eigenvalue weighted by Gasteiger charge is -2.09. The molecule has 0 aliphatic heterocycles. The molecule has 1 aliphatic carbocycles. The molecule has 0 spiro atoms. The Morgan fingerprint density at radius 1 is 1.38 bits per heavy atom. The van der Waals surface area contributed by atoms with Crippen molar-refractivity contribution >= 4 is 23.5 Å². The summed E-state index contributed by atoms with van der Waals surface area (Å²) in [6.07, 6.45) is 3.35. The summed E-state index contributed by atoms with van der Waals surface area (Å²) in [6.45, 7) is 4.34. The zero-order valence-corrected chi connectivity index (χ0v) is 13.0. The van der Waals surface area contributed by atoms with E-state index < -0.39 is 0 Å². The average molecular weight is 314 g/mol. The van der Waals surface area contributed by atoms with Gasteiger partial charge in [-0.2, -0.15) is 15.0 Å². The van der Waals surface area contributed by atoms with Gasteiger partial charge < -0.3 is 15.4 Å². The number of anilines is 1. The first-order chi connectivity index (χ1) is 10.0. The number of amides is 1. The smallest absolute Gasteiger partial charge is 0.322 e. The Labute approximate surface area is 128 Å². The molecule has 0 atom stereocenters. The summed E-state index contributed by atoms with van der Waals surface area (Å²) in [6, 6.07) is 0.600. The van der Waals surface area contributed by atoms with Crippen LogP contribution in [0.3, 0.4) is 0 Å². The van der Waals surface area contributed by atoms with Gasteiger partial charge in [0.25, 0.3) is 0 Å². The van der Waals surface area contributed by atoms with Gasteiger partial charge in [0.15, 0.2) is 0 Å². The van der Waals surface area contributed by atoms with Crippen molar-refractivity contribution in [2.75, 3.05) is 11.9 Å². The number of rotatable bonds is 8. The molecule has 7 nitrogen and oxygen atoms in total. The molecular weight excluding hydrogens is 294 g/mol. The van der Waals surface area contributed by atoms with Crippen molar-refractivity contribution in [1.82, 2.24) is 20.3 Å². The Morgan fingerprint density at radius 3 is 2.81 bits per heavy atom. The molecule has 1 saturated carbocycles. The molecule has 1 aromatic heterocycles. The molecule has 2 rings (SSSR count). The first-order valence-electron chi connectivity index (χ1n) is 7.14. The van der Waals surface area contributed by atoms with Gasteiger partial charge >= 0.3 is 6.01 Å². The fourth-order valence-electron chi connectivity index (χ4n) is 1.65. The summed E-state index contributed by atoms with van der Waals surface area (Å²) < 4.78 is 5.38. The van der Waals surface area contributed by atoms with Gasteiger partial charge in [-0.05, 0) is 44.7 Å². The first kappa shape index (κ1) is 15.8. The van der Waals surface area contributed by atoms with Crippen molar-refractivity contribution in [3.8, 4) is 6.01 Å². The maximum Gasteiger partial charge on any atom is 0.322 e. The normalized spacial score (nSPS) is 14.1. The van der Waals surface area contributed by atoms with E-state index in [1.165, 1.54) is 0 Å². The maximum atomic E-state index is 11.5. The second-order valence-corrected chi connectivity index (χ2v) is 5.59. The molecule has 116 valence electrons. The Morgan fingerprint density at radius 2 is 2.14 bits per heavy atom. The van der Waals surface area contributed by atoms with Gasteiger partial charge in [-0.1, -0.05) is 0 Å². The number of aromatic nitrogens is 3. The van der Waals surface area contributed by atoms with E-state index in [0.29, 0.717) is 31.4 Å². The topological polar surface area (TPSA) is 89.0 Å². The van der Waals surface area contributed by atoms with Crippen LogP contribution in [0.4, 0.5) is 5.95 Å². The lowest BCUT2D eigenvalue weighted by Crippen LogP contribution is -2.25. The van der Waals surface area contributed by atoms with E-state index in [0.717, 1.165) is 12.8 Å². The van der Waals surface area contributed by atoms with E-state index in [1.54, 1.807) is 0 Å². The second-order valence-electron chi connectivity index (χ2n) is 5.25. The third-order valence-corrected chi connectivity index (χ3v) is 2.90. The van der Waals surface area contributed by atoms with Crippen molar-refractivity contribution in [1.29, 1.82) is 0 Å². The largest absolute Gasteiger partial charge is 0.461 e. The highest BCUT2D eigenvalue weighted by atomic mass is 35.5. The molecule has 0 aromatic carbocycles. The van der Waals surface area contributed by atoms with Crippen LogP contribution >= 0.6 is 11.6 Å². The molecule has 0 saturated heterocycles.